The van der Waals surface area contributed by atoms with Crippen molar-refractivity contribution in [2.45, 2.75) is 59.9 Å². The molecule has 2 nitrogen and oxygen atoms in total. The molecule has 0 aromatic carbocycles. The highest BCUT2D eigenvalue weighted by Gasteiger charge is 2.25. The van der Waals surface area contributed by atoms with Crippen LogP contribution in [0.25, 0.3) is 0 Å². The first kappa shape index (κ1) is 14.7. The van der Waals surface area contributed by atoms with E-state index in [1.54, 1.807) is 0 Å². The number of rotatable bonds is 4. The van der Waals surface area contributed by atoms with Gasteiger partial charge in [-0.05, 0) is 44.3 Å². The molecule has 0 aromatic heterocycles. The number of hydrogen-bond acceptors (Lipinski definition) is 1. The van der Waals surface area contributed by atoms with E-state index in [1.165, 1.54) is 0 Å². The monoisotopic (exact) mass is 230 g/mol. The Morgan fingerprint density at radius 1 is 1.13 bits per heavy atom. The number of nitrogens with one attached hydrogen (secondary N) is 2. The van der Waals surface area contributed by atoms with Gasteiger partial charge in [0.15, 0.2) is 5.11 Å². The van der Waals surface area contributed by atoms with E-state index in [9.17, 15) is 0 Å². The van der Waals surface area contributed by atoms with Gasteiger partial charge in [0.1, 0.15) is 0 Å². The zero-order valence-electron chi connectivity index (χ0n) is 11.0. The van der Waals surface area contributed by atoms with E-state index in [0.717, 1.165) is 24.5 Å². The van der Waals surface area contributed by atoms with Gasteiger partial charge in [-0.15, -0.1) is 0 Å². The maximum absolute atomic E-state index is 5.23. The van der Waals surface area contributed by atoms with Gasteiger partial charge < -0.3 is 10.6 Å². The van der Waals surface area contributed by atoms with E-state index >= 15 is 0 Å². The molecule has 0 atom stereocenters. The predicted molar refractivity (Wildman–Crippen MR) is 72.2 cm³/mol. The van der Waals surface area contributed by atoms with Gasteiger partial charge in [-0.2, -0.15) is 0 Å². The Morgan fingerprint density at radius 2 is 1.67 bits per heavy atom. The molecule has 90 valence electrons. The second-order valence-corrected chi connectivity index (χ2v) is 6.41. The minimum Gasteiger partial charge on any atom is -0.363 e. The maximum Gasteiger partial charge on any atom is 0.166 e. The molecular weight excluding hydrogens is 204 g/mol. The highest BCUT2D eigenvalue weighted by molar-refractivity contribution is 7.80. The van der Waals surface area contributed by atoms with E-state index in [-0.39, 0.29) is 5.54 Å². The van der Waals surface area contributed by atoms with Crippen molar-refractivity contribution in [2.75, 3.05) is 6.54 Å². The van der Waals surface area contributed by atoms with Crippen LogP contribution in [0.2, 0.25) is 0 Å². The predicted octanol–water partition coefficient (Wildman–Crippen LogP) is 3.08. The minimum atomic E-state index is 0.0517. The van der Waals surface area contributed by atoms with Gasteiger partial charge in [-0.25, -0.2) is 0 Å². The summed E-state index contributed by atoms with van der Waals surface area (Å²) in [6.45, 7) is 14.2. The average Bonchev–Trinajstić information content (AvgIpc) is 1.94. The largest absolute Gasteiger partial charge is 0.363 e. The molecule has 0 aromatic rings. The van der Waals surface area contributed by atoms with Gasteiger partial charge in [0.05, 0.1) is 0 Å². The lowest BCUT2D eigenvalue weighted by Gasteiger charge is -2.34. The van der Waals surface area contributed by atoms with Crippen LogP contribution in [0.15, 0.2) is 0 Å². The zero-order valence-corrected chi connectivity index (χ0v) is 11.8. The molecule has 0 radical (unpaired) electrons. The zero-order chi connectivity index (χ0) is 12.1. The fraction of sp³-hybridized carbons (Fsp3) is 0.917. The van der Waals surface area contributed by atoms with Crippen LogP contribution >= 0.6 is 12.2 Å². The van der Waals surface area contributed by atoms with E-state index in [2.05, 4.69) is 52.2 Å². The van der Waals surface area contributed by atoms with Crippen LogP contribution in [0.4, 0.5) is 0 Å². The van der Waals surface area contributed by atoms with E-state index < -0.39 is 0 Å². The van der Waals surface area contributed by atoms with Crippen molar-refractivity contribution < 1.29 is 0 Å². The van der Waals surface area contributed by atoms with Crippen LogP contribution < -0.4 is 10.6 Å². The Morgan fingerprint density at radius 3 is 2.07 bits per heavy atom. The van der Waals surface area contributed by atoms with Crippen molar-refractivity contribution >= 4 is 17.3 Å². The van der Waals surface area contributed by atoms with Crippen LogP contribution in [0.3, 0.4) is 0 Å². The van der Waals surface area contributed by atoms with Gasteiger partial charge in [-0.1, -0.05) is 27.7 Å². The van der Waals surface area contributed by atoms with Crippen LogP contribution in [0.1, 0.15) is 54.4 Å². The van der Waals surface area contributed by atoms with Gasteiger partial charge >= 0.3 is 0 Å². The molecule has 0 saturated carbocycles. The van der Waals surface area contributed by atoms with Crippen molar-refractivity contribution in [2.24, 2.45) is 5.41 Å². The van der Waals surface area contributed by atoms with Gasteiger partial charge in [-0.3, -0.25) is 0 Å². The van der Waals surface area contributed by atoms with Crippen LogP contribution in [0.5, 0.6) is 0 Å². The lowest BCUT2D eigenvalue weighted by molar-refractivity contribution is 0.266. The number of hydrogen-bond donors (Lipinski definition) is 2. The third kappa shape index (κ3) is 8.67. The summed E-state index contributed by atoms with van der Waals surface area (Å²) in [6, 6.07) is 0. The summed E-state index contributed by atoms with van der Waals surface area (Å²) >= 11 is 5.23. The molecule has 0 amide bonds. The fourth-order valence-corrected chi connectivity index (χ4v) is 2.34. The lowest BCUT2D eigenvalue weighted by Crippen LogP contribution is -2.49. The molecule has 3 heteroatoms. The summed E-state index contributed by atoms with van der Waals surface area (Å²) in [5.41, 5.74) is 0.368. The first-order valence-corrected chi connectivity index (χ1v) is 6.13. The topological polar surface area (TPSA) is 24.1 Å². The third-order valence-corrected chi connectivity index (χ3v) is 2.21. The highest BCUT2D eigenvalue weighted by Crippen LogP contribution is 2.26. The molecule has 0 unspecified atom stereocenters. The van der Waals surface area contributed by atoms with Crippen LogP contribution in [-0.2, 0) is 0 Å². The smallest absolute Gasteiger partial charge is 0.166 e. The second-order valence-electron chi connectivity index (χ2n) is 6.00. The summed E-state index contributed by atoms with van der Waals surface area (Å²) in [4.78, 5) is 0. The average molecular weight is 230 g/mol. The standard InChI is InChI=1S/C12H26N2S/c1-7-8-13-10(15)14-12(5,6)9-11(2,3)4/h7-9H2,1-6H3,(H2,13,14,15). The molecule has 2 N–H and O–H groups in total. The van der Waals surface area contributed by atoms with Gasteiger partial charge in [0.25, 0.3) is 0 Å². The van der Waals surface area contributed by atoms with E-state index in [0.29, 0.717) is 5.41 Å². The van der Waals surface area contributed by atoms with Crippen molar-refractivity contribution in [3.8, 4) is 0 Å². The van der Waals surface area contributed by atoms with Crippen molar-refractivity contribution in [1.29, 1.82) is 0 Å². The van der Waals surface area contributed by atoms with Gasteiger partial charge in [0, 0.05) is 12.1 Å². The Kier molecular flexibility index (Phi) is 5.57. The third-order valence-electron chi connectivity index (χ3n) is 1.96. The first-order chi connectivity index (χ1) is 6.66. The van der Waals surface area contributed by atoms with Crippen molar-refractivity contribution in [3.05, 3.63) is 0 Å². The normalized spacial score (nSPS) is 12.4. The quantitative estimate of drug-likeness (QED) is 0.726. The SMILES string of the molecule is CCCNC(=S)NC(C)(C)CC(C)(C)C. The summed E-state index contributed by atoms with van der Waals surface area (Å²) in [5.74, 6) is 0. The molecule has 0 rings (SSSR count). The molecule has 0 heterocycles. The molecule has 15 heavy (non-hydrogen) atoms. The van der Waals surface area contributed by atoms with Gasteiger partial charge in [0.2, 0.25) is 0 Å². The van der Waals surface area contributed by atoms with Crippen molar-refractivity contribution in [1.82, 2.24) is 10.6 Å². The van der Waals surface area contributed by atoms with E-state index in [1.807, 2.05) is 0 Å². The van der Waals surface area contributed by atoms with Crippen molar-refractivity contribution in [3.63, 3.8) is 0 Å². The number of thiocarbonyl (C=S) groups is 1. The lowest BCUT2D eigenvalue weighted by atomic mass is 9.82. The molecule has 0 aliphatic carbocycles. The summed E-state index contributed by atoms with van der Waals surface area (Å²) in [5, 5.41) is 7.33. The molecular formula is C12H26N2S. The molecule has 0 spiro atoms. The maximum atomic E-state index is 5.23. The Bertz CT molecular complexity index is 204. The molecule has 0 saturated heterocycles. The van der Waals surface area contributed by atoms with Crippen LogP contribution in [-0.4, -0.2) is 17.2 Å². The Balaban J connectivity index is 4.07. The highest BCUT2D eigenvalue weighted by atomic mass is 32.1. The summed E-state index contributed by atoms with van der Waals surface area (Å²) in [7, 11) is 0. The Hall–Kier alpha value is -0.310. The molecule has 0 fully saturated rings. The summed E-state index contributed by atoms with van der Waals surface area (Å²) < 4.78 is 0. The minimum absolute atomic E-state index is 0.0517. The van der Waals surface area contributed by atoms with E-state index in [4.69, 9.17) is 12.2 Å². The Labute approximate surface area is 100 Å². The molecule has 0 aliphatic heterocycles. The molecule has 0 bridgehead atoms. The second kappa shape index (κ2) is 5.69. The summed E-state index contributed by atoms with van der Waals surface area (Å²) in [6.07, 6.45) is 2.19. The van der Waals surface area contributed by atoms with Crippen LogP contribution in [0, 0.1) is 5.41 Å². The first-order valence-electron chi connectivity index (χ1n) is 5.72. The molecule has 0 aliphatic rings. The fourth-order valence-electron chi connectivity index (χ4n) is 1.96.